The molecule has 8 heteroatoms. The first-order valence-electron chi connectivity index (χ1n) is 5.21. The summed E-state index contributed by atoms with van der Waals surface area (Å²) in [6.45, 7) is -0.184. The molecule has 0 saturated heterocycles. The molecule has 1 unspecified atom stereocenters. The van der Waals surface area contributed by atoms with Crippen molar-refractivity contribution in [2.24, 2.45) is 5.73 Å². The van der Waals surface area contributed by atoms with Gasteiger partial charge in [0.1, 0.15) is 6.10 Å². The fourth-order valence-corrected chi connectivity index (χ4v) is 2.12. The Morgan fingerprint density at radius 2 is 2.39 bits per heavy atom. The van der Waals surface area contributed by atoms with E-state index in [2.05, 4.69) is 10.3 Å². The van der Waals surface area contributed by atoms with E-state index >= 15 is 0 Å². The normalized spacial score (nSPS) is 12.5. The number of aliphatic hydroxyl groups excluding tert-OH is 1. The Morgan fingerprint density at radius 1 is 1.61 bits per heavy atom. The molecule has 4 N–H and O–H groups in total. The molecule has 2 rings (SSSR count). The van der Waals surface area contributed by atoms with E-state index < -0.39 is 12.0 Å². The average Bonchev–Trinajstić information content (AvgIpc) is 2.85. The third-order valence-electron chi connectivity index (χ3n) is 2.31. The summed E-state index contributed by atoms with van der Waals surface area (Å²) in [6, 6.07) is 0. The first-order valence-corrected chi connectivity index (χ1v) is 6.09. The van der Waals surface area contributed by atoms with Crippen LogP contribution in [0.25, 0.3) is 4.96 Å². The van der Waals surface area contributed by atoms with Crippen LogP contribution in [0.1, 0.15) is 5.69 Å². The highest BCUT2D eigenvalue weighted by Gasteiger charge is 2.13. The van der Waals surface area contributed by atoms with Crippen LogP contribution in [0.2, 0.25) is 0 Å². The smallest absolute Gasteiger partial charge is 0.248 e. The van der Waals surface area contributed by atoms with Gasteiger partial charge < -0.3 is 16.2 Å². The summed E-state index contributed by atoms with van der Waals surface area (Å²) in [5, 5.41) is 13.4. The molecule has 1 atom stereocenters. The number of nitrogens with zero attached hydrogens (tertiary/aromatic N) is 2. The van der Waals surface area contributed by atoms with Crippen molar-refractivity contribution in [2.75, 3.05) is 6.54 Å². The van der Waals surface area contributed by atoms with Crippen molar-refractivity contribution in [3.63, 3.8) is 0 Å². The van der Waals surface area contributed by atoms with Crippen LogP contribution < -0.4 is 11.1 Å². The van der Waals surface area contributed by atoms with Crippen molar-refractivity contribution in [1.29, 1.82) is 0 Å². The van der Waals surface area contributed by atoms with Gasteiger partial charge in [0, 0.05) is 17.8 Å². The quantitative estimate of drug-likeness (QED) is 0.639. The number of aromatic nitrogens is 2. The van der Waals surface area contributed by atoms with Crippen molar-refractivity contribution in [1.82, 2.24) is 14.7 Å². The van der Waals surface area contributed by atoms with Gasteiger partial charge in [-0.3, -0.25) is 14.0 Å². The van der Waals surface area contributed by atoms with Crippen molar-refractivity contribution in [3.05, 3.63) is 23.5 Å². The zero-order valence-electron chi connectivity index (χ0n) is 9.37. The average molecular weight is 268 g/mol. The van der Waals surface area contributed by atoms with Crippen LogP contribution in [0.5, 0.6) is 0 Å². The van der Waals surface area contributed by atoms with Crippen LogP contribution in [0.3, 0.4) is 0 Å². The summed E-state index contributed by atoms with van der Waals surface area (Å²) in [5.74, 6) is -1.18. The van der Waals surface area contributed by atoms with Crippen LogP contribution in [0.15, 0.2) is 17.8 Å². The Balaban J connectivity index is 1.87. The summed E-state index contributed by atoms with van der Waals surface area (Å²) in [5.41, 5.74) is 5.49. The first-order chi connectivity index (χ1) is 8.56. The second-order valence-electron chi connectivity index (χ2n) is 3.72. The molecule has 0 aliphatic carbocycles. The lowest BCUT2D eigenvalue weighted by Gasteiger charge is -2.07. The highest BCUT2D eigenvalue weighted by atomic mass is 32.1. The largest absolute Gasteiger partial charge is 0.381 e. The minimum absolute atomic E-state index is 0.0971. The lowest BCUT2D eigenvalue weighted by atomic mass is 10.3. The molecule has 0 spiro atoms. The third-order valence-corrected chi connectivity index (χ3v) is 3.08. The number of imidazole rings is 1. The zero-order valence-corrected chi connectivity index (χ0v) is 10.2. The van der Waals surface area contributed by atoms with Crippen LogP contribution >= 0.6 is 11.3 Å². The van der Waals surface area contributed by atoms with Gasteiger partial charge in [0.05, 0.1) is 18.7 Å². The molecule has 2 aromatic heterocycles. The molecule has 0 aliphatic heterocycles. The van der Waals surface area contributed by atoms with Crippen molar-refractivity contribution in [2.45, 2.75) is 12.5 Å². The van der Waals surface area contributed by atoms with Crippen molar-refractivity contribution < 1.29 is 14.7 Å². The van der Waals surface area contributed by atoms with Gasteiger partial charge in [0.2, 0.25) is 11.8 Å². The molecular weight excluding hydrogens is 256 g/mol. The number of fused-ring (bicyclic) bond motifs is 1. The topological polar surface area (TPSA) is 110 Å². The molecule has 0 bridgehead atoms. The predicted molar refractivity (Wildman–Crippen MR) is 65.0 cm³/mol. The van der Waals surface area contributed by atoms with E-state index in [1.165, 1.54) is 11.3 Å². The number of amides is 2. The number of primary amides is 1. The number of aliphatic hydroxyl groups is 1. The lowest BCUT2D eigenvalue weighted by molar-refractivity contribution is -0.126. The van der Waals surface area contributed by atoms with E-state index in [9.17, 15) is 9.59 Å². The number of rotatable bonds is 5. The van der Waals surface area contributed by atoms with Gasteiger partial charge >= 0.3 is 0 Å². The van der Waals surface area contributed by atoms with Crippen LogP contribution in [-0.2, 0) is 16.0 Å². The van der Waals surface area contributed by atoms with Crippen LogP contribution in [-0.4, -0.2) is 39.0 Å². The van der Waals surface area contributed by atoms with Gasteiger partial charge in [-0.2, -0.15) is 0 Å². The second-order valence-corrected chi connectivity index (χ2v) is 4.60. The minimum atomic E-state index is -1.36. The summed E-state index contributed by atoms with van der Waals surface area (Å²) >= 11 is 1.48. The maximum absolute atomic E-state index is 11.5. The lowest BCUT2D eigenvalue weighted by Crippen LogP contribution is -2.40. The highest BCUT2D eigenvalue weighted by Crippen LogP contribution is 2.11. The number of hydrogen-bond acceptors (Lipinski definition) is 5. The molecule has 0 aromatic carbocycles. The minimum Gasteiger partial charge on any atom is -0.381 e. The number of carbonyl (C=O) groups excluding carboxylic acids is 2. The van der Waals surface area contributed by atoms with E-state index in [0.29, 0.717) is 5.69 Å². The molecule has 0 fully saturated rings. The van der Waals surface area contributed by atoms with Gasteiger partial charge in [-0.25, -0.2) is 4.98 Å². The Kier molecular flexibility index (Phi) is 3.58. The van der Waals surface area contributed by atoms with Gasteiger partial charge in [-0.1, -0.05) is 0 Å². The standard InChI is InChI=1S/C10H12N4O3S/c11-9(17)7(15)4-12-8(16)3-6-5-14-1-2-18-10(14)13-6/h1-2,5,7,15H,3-4H2,(H2,11,17)(H,12,16). The van der Waals surface area contributed by atoms with Crippen molar-refractivity contribution in [3.8, 4) is 0 Å². The maximum atomic E-state index is 11.5. The number of nitrogens with one attached hydrogen (secondary N) is 1. The zero-order chi connectivity index (χ0) is 13.1. The van der Waals surface area contributed by atoms with Gasteiger partial charge in [-0.15, -0.1) is 11.3 Å². The molecule has 18 heavy (non-hydrogen) atoms. The van der Waals surface area contributed by atoms with Gasteiger partial charge in [-0.05, 0) is 0 Å². The van der Waals surface area contributed by atoms with E-state index in [-0.39, 0.29) is 18.9 Å². The Labute approximate surface area is 106 Å². The predicted octanol–water partition coefficient (Wildman–Crippen LogP) is -1.10. The van der Waals surface area contributed by atoms with Crippen molar-refractivity contribution >= 4 is 28.1 Å². The van der Waals surface area contributed by atoms with E-state index in [0.717, 1.165) is 4.96 Å². The summed E-state index contributed by atoms with van der Waals surface area (Å²) < 4.78 is 1.82. The highest BCUT2D eigenvalue weighted by molar-refractivity contribution is 7.15. The van der Waals surface area contributed by atoms with E-state index in [1.54, 1.807) is 6.20 Å². The summed E-state index contributed by atoms with van der Waals surface area (Å²) in [6.07, 6.45) is 2.35. The maximum Gasteiger partial charge on any atom is 0.248 e. The molecular formula is C10H12N4O3S. The summed E-state index contributed by atoms with van der Waals surface area (Å²) in [4.78, 5) is 27.1. The number of thiazole rings is 1. The molecule has 7 nitrogen and oxygen atoms in total. The number of carbonyl (C=O) groups is 2. The van der Waals surface area contributed by atoms with Gasteiger partial charge in [0.25, 0.3) is 0 Å². The SMILES string of the molecule is NC(=O)C(O)CNC(=O)Cc1cn2ccsc2n1. The summed E-state index contributed by atoms with van der Waals surface area (Å²) in [7, 11) is 0. The van der Waals surface area contributed by atoms with E-state index in [1.807, 2.05) is 16.0 Å². The van der Waals surface area contributed by atoms with Gasteiger partial charge in [0.15, 0.2) is 4.96 Å². The Hall–Kier alpha value is -1.93. The Bertz CT molecular complexity index is 548. The number of hydrogen-bond donors (Lipinski definition) is 3. The Morgan fingerprint density at radius 3 is 3.06 bits per heavy atom. The van der Waals surface area contributed by atoms with Crippen LogP contribution in [0.4, 0.5) is 0 Å². The second kappa shape index (κ2) is 5.15. The third kappa shape index (κ3) is 2.84. The fourth-order valence-electron chi connectivity index (χ4n) is 1.40. The molecule has 2 amide bonds. The number of nitrogens with two attached hydrogens (primary N) is 1. The molecule has 96 valence electrons. The first kappa shape index (κ1) is 12.5. The molecule has 0 aliphatic rings. The fraction of sp³-hybridized carbons (Fsp3) is 0.300. The molecule has 0 saturated carbocycles. The van der Waals surface area contributed by atoms with E-state index in [4.69, 9.17) is 10.8 Å². The monoisotopic (exact) mass is 268 g/mol. The molecule has 2 heterocycles. The van der Waals surface area contributed by atoms with Crippen LogP contribution in [0, 0.1) is 0 Å². The molecule has 0 radical (unpaired) electrons. The molecule has 2 aromatic rings.